The number of likely N-dealkylation sites (tertiary alicyclic amines) is 2. The molecule has 116 valence electrons. The van der Waals surface area contributed by atoms with Crippen molar-refractivity contribution in [3.05, 3.63) is 0 Å². The molecule has 0 aliphatic carbocycles. The van der Waals surface area contributed by atoms with Crippen LogP contribution in [0.1, 0.15) is 25.7 Å². The van der Waals surface area contributed by atoms with Crippen LogP contribution in [0.15, 0.2) is 0 Å². The highest BCUT2D eigenvalue weighted by atomic mass is 19.4. The van der Waals surface area contributed by atoms with E-state index in [1.165, 1.54) is 0 Å². The molecule has 4 nitrogen and oxygen atoms in total. The average molecular weight is 294 g/mol. The molecule has 7 heteroatoms. The number of ether oxygens (including phenoxy) is 1. The topological polar surface area (TPSA) is 32.8 Å². The summed E-state index contributed by atoms with van der Waals surface area (Å²) in [4.78, 5) is 16.0. The zero-order valence-corrected chi connectivity index (χ0v) is 11.7. The summed E-state index contributed by atoms with van der Waals surface area (Å²) < 4.78 is 40.5. The number of carbonyl (C=O) groups is 1. The molecule has 0 aromatic carbocycles. The highest BCUT2D eigenvalue weighted by molar-refractivity contribution is 5.78. The first-order valence-corrected chi connectivity index (χ1v) is 7.03. The lowest BCUT2D eigenvalue weighted by Crippen LogP contribution is -2.48. The number of likely N-dealkylation sites (N-methyl/N-ethyl adjacent to an activating group) is 1. The van der Waals surface area contributed by atoms with Gasteiger partial charge >= 0.3 is 6.18 Å². The van der Waals surface area contributed by atoms with Crippen LogP contribution in [0.2, 0.25) is 0 Å². The van der Waals surface area contributed by atoms with E-state index in [4.69, 9.17) is 0 Å². The molecule has 2 heterocycles. The fraction of sp³-hybridized carbons (Fsp3) is 0.923. The van der Waals surface area contributed by atoms with Crippen LogP contribution in [-0.4, -0.2) is 67.3 Å². The number of nitrogens with zero attached hydrogens (tertiary/aromatic N) is 2. The van der Waals surface area contributed by atoms with E-state index >= 15 is 0 Å². The SMILES string of the molecule is CN1CCC[C@H]1[C@@H]1CCCN1C(=O)COCC(F)(F)F. The van der Waals surface area contributed by atoms with Crippen LogP contribution in [-0.2, 0) is 9.53 Å². The summed E-state index contributed by atoms with van der Waals surface area (Å²) in [6.45, 7) is -0.190. The lowest BCUT2D eigenvalue weighted by Gasteiger charge is -2.33. The van der Waals surface area contributed by atoms with Crippen molar-refractivity contribution < 1.29 is 22.7 Å². The Bertz CT molecular complexity index is 349. The summed E-state index contributed by atoms with van der Waals surface area (Å²) in [6.07, 6.45) is -0.366. The summed E-state index contributed by atoms with van der Waals surface area (Å²) in [7, 11) is 2.04. The Morgan fingerprint density at radius 2 is 1.85 bits per heavy atom. The zero-order chi connectivity index (χ0) is 14.8. The second kappa shape index (κ2) is 6.30. The Kier molecular flexibility index (Phi) is 4.90. The third-order valence-electron chi connectivity index (χ3n) is 4.13. The van der Waals surface area contributed by atoms with Crippen molar-refractivity contribution in [2.24, 2.45) is 0 Å². The highest BCUT2D eigenvalue weighted by Gasteiger charge is 2.38. The van der Waals surface area contributed by atoms with Gasteiger partial charge in [-0.1, -0.05) is 0 Å². The predicted octanol–water partition coefficient (Wildman–Crippen LogP) is 1.65. The molecule has 0 saturated carbocycles. The molecular weight excluding hydrogens is 273 g/mol. The molecule has 2 atom stereocenters. The summed E-state index contributed by atoms with van der Waals surface area (Å²) in [5.41, 5.74) is 0. The van der Waals surface area contributed by atoms with Crippen molar-refractivity contribution in [2.75, 3.05) is 33.4 Å². The van der Waals surface area contributed by atoms with Crippen molar-refractivity contribution in [1.29, 1.82) is 0 Å². The minimum Gasteiger partial charge on any atom is -0.362 e. The molecule has 2 saturated heterocycles. The third-order valence-corrected chi connectivity index (χ3v) is 4.13. The molecule has 0 bridgehead atoms. The molecular formula is C13H21F3N2O2. The Labute approximate surface area is 116 Å². The van der Waals surface area contributed by atoms with Crippen molar-refractivity contribution in [2.45, 2.75) is 43.9 Å². The van der Waals surface area contributed by atoms with Gasteiger partial charge in [0.15, 0.2) is 0 Å². The summed E-state index contributed by atoms with van der Waals surface area (Å²) in [5, 5.41) is 0. The summed E-state index contributed by atoms with van der Waals surface area (Å²) in [5.74, 6) is -0.322. The third kappa shape index (κ3) is 3.85. The van der Waals surface area contributed by atoms with Gasteiger partial charge in [0.05, 0.1) is 0 Å². The lowest BCUT2D eigenvalue weighted by molar-refractivity contribution is -0.178. The molecule has 0 N–H and O–H groups in total. The van der Waals surface area contributed by atoms with E-state index in [0.29, 0.717) is 12.6 Å². The molecule has 20 heavy (non-hydrogen) atoms. The molecule has 2 rings (SSSR count). The number of halogens is 3. The van der Waals surface area contributed by atoms with Crippen LogP contribution < -0.4 is 0 Å². The lowest BCUT2D eigenvalue weighted by atomic mass is 10.0. The van der Waals surface area contributed by atoms with Gasteiger partial charge in [0.1, 0.15) is 13.2 Å². The van der Waals surface area contributed by atoms with Gasteiger partial charge in [-0.15, -0.1) is 0 Å². The van der Waals surface area contributed by atoms with Gasteiger partial charge in [-0.3, -0.25) is 4.79 Å². The summed E-state index contributed by atoms with van der Waals surface area (Å²) >= 11 is 0. The van der Waals surface area contributed by atoms with Crippen LogP contribution in [0.25, 0.3) is 0 Å². The van der Waals surface area contributed by atoms with Crippen LogP contribution in [0, 0.1) is 0 Å². The Balaban J connectivity index is 1.85. The van der Waals surface area contributed by atoms with Gasteiger partial charge in [0, 0.05) is 18.6 Å². The molecule has 2 aliphatic rings. The molecule has 0 unspecified atom stereocenters. The maximum Gasteiger partial charge on any atom is 0.411 e. The van der Waals surface area contributed by atoms with Crippen LogP contribution in [0.5, 0.6) is 0 Å². The molecule has 0 radical (unpaired) electrons. The van der Waals surface area contributed by atoms with Crippen molar-refractivity contribution in [1.82, 2.24) is 9.80 Å². The molecule has 1 amide bonds. The zero-order valence-electron chi connectivity index (χ0n) is 11.7. The first-order chi connectivity index (χ1) is 9.38. The first-order valence-electron chi connectivity index (χ1n) is 7.03. The fourth-order valence-corrected chi connectivity index (χ4v) is 3.26. The molecule has 0 aromatic rings. The van der Waals surface area contributed by atoms with Crippen molar-refractivity contribution >= 4 is 5.91 Å². The van der Waals surface area contributed by atoms with Crippen LogP contribution in [0.4, 0.5) is 13.2 Å². The molecule has 2 aliphatic heterocycles. The fourth-order valence-electron chi connectivity index (χ4n) is 3.26. The highest BCUT2D eigenvalue weighted by Crippen LogP contribution is 2.29. The van der Waals surface area contributed by atoms with Crippen molar-refractivity contribution in [3.63, 3.8) is 0 Å². The van der Waals surface area contributed by atoms with Gasteiger partial charge in [-0.2, -0.15) is 13.2 Å². The van der Waals surface area contributed by atoms with Crippen molar-refractivity contribution in [3.8, 4) is 0 Å². The van der Waals surface area contributed by atoms with E-state index in [9.17, 15) is 18.0 Å². The monoisotopic (exact) mass is 294 g/mol. The van der Waals surface area contributed by atoms with E-state index in [0.717, 1.165) is 32.2 Å². The number of hydrogen-bond donors (Lipinski definition) is 0. The number of carbonyl (C=O) groups excluding carboxylic acids is 1. The molecule has 2 fully saturated rings. The first kappa shape index (κ1) is 15.6. The largest absolute Gasteiger partial charge is 0.411 e. The van der Waals surface area contributed by atoms with Gasteiger partial charge in [-0.05, 0) is 39.3 Å². The minimum atomic E-state index is -4.38. The maximum absolute atomic E-state index is 12.0. The van der Waals surface area contributed by atoms with Crippen LogP contribution in [0.3, 0.4) is 0 Å². The number of rotatable bonds is 4. The number of hydrogen-bond acceptors (Lipinski definition) is 3. The quantitative estimate of drug-likeness (QED) is 0.790. The molecule has 0 aromatic heterocycles. The second-order valence-corrected chi connectivity index (χ2v) is 5.59. The smallest absolute Gasteiger partial charge is 0.362 e. The maximum atomic E-state index is 12.0. The van der Waals surface area contributed by atoms with E-state index in [2.05, 4.69) is 9.64 Å². The minimum absolute atomic E-state index is 0.129. The van der Waals surface area contributed by atoms with E-state index < -0.39 is 19.4 Å². The standard InChI is InChI=1S/C13H21F3N2O2/c1-17-6-2-4-10(17)11-5-3-7-18(11)12(19)8-20-9-13(14,15)16/h10-11H,2-9H2,1H3/t10-,11-/m0/s1. The second-order valence-electron chi connectivity index (χ2n) is 5.59. The average Bonchev–Trinajstić information content (AvgIpc) is 2.94. The van der Waals surface area contributed by atoms with Gasteiger partial charge in [-0.25, -0.2) is 0 Å². The Hall–Kier alpha value is -0.820. The van der Waals surface area contributed by atoms with Crippen LogP contribution >= 0.6 is 0 Å². The number of alkyl halides is 3. The number of amides is 1. The predicted molar refractivity (Wildman–Crippen MR) is 67.3 cm³/mol. The van der Waals surface area contributed by atoms with Gasteiger partial charge < -0.3 is 14.5 Å². The Morgan fingerprint density at radius 3 is 2.45 bits per heavy atom. The summed E-state index contributed by atoms with van der Waals surface area (Å²) in [6, 6.07) is 0.466. The van der Waals surface area contributed by atoms with Gasteiger partial charge in [0.25, 0.3) is 0 Å². The molecule has 0 spiro atoms. The normalized spacial score (nSPS) is 28.3. The van der Waals surface area contributed by atoms with E-state index in [1.807, 2.05) is 7.05 Å². The van der Waals surface area contributed by atoms with E-state index in [1.54, 1.807) is 4.90 Å². The Morgan fingerprint density at radius 1 is 1.20 bits per heavy atom. The van der Waals surface area contributed by atoms with Gasteiger partial charge in [0.2, 0.25) is 5.91 Å². The van der Waals surface area contributed by atoms with E-state index in [-0.39, 0.29) is 11.9 Å².